The molecule has 0 amide bonds. The maximum Gasteiger partial charge on any atom is 0.343 e. The Morgan fingerprint density at radius 1 is 1.30 bits per heavy atom. The molecule has 0 aliphatic rings. The zero-order valence-electron chi connectivity index (χ0n) is 13.1. The maximum atomic E-state index is 12.9. The van der Waals surface area contributed by atoms with Crippen molar-refractivity contribution in [2.24, 2.45) is 7.05 Å². The fraction of sp³-hybridized carbons (Fsp3) is 0.250. The minimum Gasteiger partial charge on any atom is -0.462 e. The fourth-order valence-corrected chi connectivity index (χ4v) is 2.54. The highest BCUT2D eigenvalue weighted by Gasteiger charge is 2.22. The van der Waals surface area contributed by atoms with Crippen molar-refractivity contribution in [2.75, 3.05) is 6.61 Å². The first-order valence-corrected chi connectivity index (χ1v) is 7.22. The zero-order valence-corrected chi connectivity index (χ0v) is 13.1. The summed E-state index contributed by atoms with van der Waals surface area (Å²) in [5.41, 5.74) is 0.602. The number of hydrogen-bond donors (Lipinski definition) is 0. The van der Waals surface area contributed by atoms with Crippen LogP contribution in [0.3, 0.4) is 0 Å². The van der Waals surface area contributed by atoms with Gasteiger partial charge in [-0.3, -0.25) is 9.48 Å². The van der Waals surface area contributed by atoms with Crippen molar-refractivity contribution in [1.82, 2.24) is 19.3 Å². The van der Waals surface area contributed by atoms with E-state index in [0.717, 1.165) is 0 Å². The lowest BCUT2D eigenvalue weighted by Gasteiger charge is -2.12. The maximum absolute atomic E-state index is 12.9. The number of benzene rings is 1. The minimum atomic E-state index is -0.518. The molecule has 0 spiro atoms. The van der Waals surface area contributed by atoms with Crippen LogP contribution in [0.2, 0.25) is 0 Å². The number of aromatic nitrogens is 4. The summed E-state index contributed by atoms with van der Waals surface area (Å²) in [6.45, 7) is 3.69. The molecule has 2 heterocycles. The molecule has 0 bridgehead atoms. The average Bonchev–Trinajstić information content (AvgIpc) is 2.89. The molecule has 7 heteroatoms. The van der Waals surface area contributed by atoms with Crippen LogP contribution >= 0.6 is 0 Å². The van der Waals surface area contributed by atoms with Crippen LogP contribution in [0.25, 0.3) is 16.7 Å². The second-order valence-electron chi connectivity index (χ2n) is 5.04. The molecule has 0 aliphatic heterocycles. The van der Waals surface area contributed by atoms with E-state index in [4.69, 9.17) is 4.74 Å². The Morgan fingerprint density at radius 3 is 2.78 bits per heavy atom. The van der Waals surface area contributed by atoms with Gasteiger partial charge in [0, 0.05) is 7.05 Å². The van der Waals surface area contributed by atoms with Gasteiger partial charge < -0.3 is 4.74 Å². The summed E-state index contributed by atoms with van der Waals surface area (Å²) in [6, 6.07) is 7.10. The van der Waals surface area contributed by atoms with Crippen molar-refractivity contribution in [3.63, 3.8) is 0 Å². The predicted octanol–water partition coefficient (Wildman–Crippen LogP) is 1.60. The van der Waals surface area contributed by atoms with Gasteiger partial charge in [0.15, 0.2) is 5.82 Å². The van der Waals surface area contributed by atoms with E-state index < -0.39 is 5.97 Å². The molecule has 118 valence electrons. The van der Waals surface area contributed by atoms with E-state index in [9.17, 15) is 9.59 Å². The molecule has 1 aromatic carbocycles. The van der Waals surface area contributed by atoms with Crippen LogP contribution in [-0.2, 0) is 11.8 Å². The van der Waals surface area contributed by atoms with Gasteiger partial charge in [0.05, 0.1) is 23.7 Å². The zero-order chi connectivity index (χ0) is 16.6. The van der Waals surface area contributed by atoms with Crippen molar-refractivity contribution in [1.29, 1.82) is 0 Å². The van der Waals surface area contributed by atoms with Gasteiger partial charge in [-0.25, -0.2) is 14.3 Å². The molecule has 0 atom stereocenters. The van der Waals surface area contributed by atoms with E-state index in [2.05, 4.69) is 10.1 Å². The van der Waals surface area contributed by atoms with Crippen molar-refractivity contribution in [3.8, 4) is 5.82 Å². The van der Waals surface area contributed by atoms with Crippen LogP contribution in [0.4, 0.5) is 0 Å². The highest BCUT2D eigenvalue weighted by molar-refractivity contribution is 5.93. The molecule has 7 nitrogen and oxygen atoms in total. The normalized spacial score (nSPS) is 10.9. The van der Waals surface area contributed by atoms with Crippen LogP contribution in [-0.4, -0.2) is 31.9 Å². The molecule has 0 saturated heterocycles. The second-order valence-corrected chi connectivity index (χ2v) is 5.04. The van der Waals surface area contributed by atoms with Crippen molar-refractivity contribution >= 4 is 16.9 Å². The van der Waals surface area contributed by atoms with Crippen LogP contribution in [0, 0.1) is 6.92 Å². The molecule has 0 radical (unpaired) electrons. The SMILES string of the molecule is CCOC(=O)c1cnn(C)c1-n1c(C)nc2ccccc2c1=O. The minimum absolute atomic E-state index is 0.233. The summed E-state index contributed by atoms with van der Waals surface area (Å²) in [7, 11) is 1.67. The van der Waals surface area contributed by atoms with Gasteiger partial charge in [-0.2, -0.15) is 5.10 Å². The number of hydrogen-bond acceptors (Lipinski definition) is 5. The first kappa shape index (κ1) is 15.0. The molecule has 0 unspecified atom stereocenters. The summed E-state index contributed by atoms with van der Waals surface area (Å²) in [5, 5.41) is 4.57. The third kappa shape index (κ3) is 2.40. The van der Waals surface area contributed by atoms with Gasteiger partial charge in [0.1, 0.15) is 11.4 Å². The van der Waals surface area contributed by atoms with Crippen LogP contribution < -0.4 is 5.56 Å². The van der Waals surface area contributed by atoms with E-state index in [-0.39, 0.29) is 17.7 Å². The number of fused-ring (bicyclic) bond motifs is 1. The van der Waals surface area contributed by atoms with Crippen molar-refractivity contribution in [2.45, 2.75) is 13.8 Å². The van der Waals surface area contributed by atoms with Crippen LogP contribution in [0.1, 0.15) is 23.1 Å². The first-order chi connectivity index (χ1) is 11.0. The van der Waals surface area contributed by atoms with E-state index in [1.165, 1.54) is 15.4 Å². The first-order valence-electron chi connectivity index (χ1n) is 7.22. The summed E-state index contributed by atoms with van der Waals surface area (Å²) in [5.74, 6) is 0.308. The molecule has 0 N–H and O–H groups in total. The Bertz CT molecular complexity index is 956. The molecule has 2 aromatic heterocycles. The number of carbonyl (C=O) groups is 1. The standard InChI is InChI=1S/C16H16N4O3/c1-4-23-16(22)12-9-17-19(3)14(12)20-10(2)18-13-8-6-5-7-11(13)15(20)21/h5-9H,4H2,1-3H3. The van der Waals surface area contributed by atoms with Gasteiger partial charge in [-0.15, -0.1) is 0 Å². The Kier molecular flexibility index (Phi) is 3.69. The lowest BCUT2D eigenvalue weighted by Crippen LogP contribution is -2.26. The number of rotatable bonds is 3. The van der Waals surface area contributed by atoms with E-state index in [1.54, 1.807) is 39.1 Å². The summed E-state index contributed by atoms with van der Waals surface area (Å²) in [6.07, 6.45) is 1.40. The monoisotopic (exact) mass is 312 g/mol. The van der Waals surface area contributed by atoms with Gasteiger partial charge >= 0.3 is 5.97 Å². The lowest BCUT2D eigenvalue weighted by atomic mass is 10.2. The fourth-order valence-electron chi connectivity index (χ4n) is 2.54. The molecular weight excluding hydrogens is 296 g/mol. The van der Waals surface area contributed by atoms with Gasteiger partial charge in [0.25, 0.3) is 5.56 Å². The largest absolute Gasteiger partial charge is 0.462 e. The smallest absolute Gasteiger partial charge is 0.343 e. The second kappa shape index (κ2) is 5.68. The lowest BCUT2D eigenvalue weighted by molar-refractivity contribution is 0.0526. The topological polar surface area (TPSA) is 79.0 Å². The van der Waals surface area contributed by atoms with Crippen molar-refractivity contribution in [3.05, 3.63) is 52.2 Å². The van der Waals surface area contributed by atoms with Crippen molar-refractivity contribution < 1.29 is 9.53 Å². The Hall–Kier alpha value is -2.96. The Balaban J connectivity index is 2.32. The number of para-hydroxylation sites is 1. The highest BCUT2D eigenvalue weighted by atomic mass is 16.5. The van der Waals surface area contributed by atoms with E-state index >= 15 is 0 Å². The van der Waals surface area contributed by atoms with Crippen LogP contribution in [0.5, 0.6) is 0 Å². The molecule has 23 heavy (non-hydrogen) atoms. The Labute approximate surface area is 132 Å². The molecule has 3 rings (SSSR count). The van der Waals surface area contributed by atoms with Gasteiger partial charge in [-0.05, 0) is 26.0 Å². The summed E-state index contributed by atoms with van der Waals surface area (Å²) >= 11 is 0. The van der Waals surface area contributed by atoms with Gasteiger partial charge in [0.2, 0.25) is 0 Å². The third-order valence-electron chi connectivity index (χ3n) is 3.56. The number of esters is 1. The van der Waals surface area contributed by atoms with E-state index in [0.29, 0.717) is 22.5 Å². The molecular formula is C16H16N4O3. The molecule has 0 fully saturated rings. The van der Waals surface area contributed by atoms with E-state index in [1.807, 2.05) is 6.07 Å². The average molecular weight is 312 g/mol. The van der Waals surface area contributed by atoms with Crippen LogP contribution in [0.15, 0.2) is 35.3 Å². The summed E-state index contributed by atoms with van der Waals surface area (Å²) in [4.78, 5) is 29.4. The Morgan fingerprint density at radius 2 is 2.04 bits per heavy atom. The number of aryl methyl sites for hydroxylation is 2. The molecule has 3 aromatic rings. The molecule has 0 aliphatic carbocycles. The number of carbonyl (C=O) groups excluding carboxylic acids is 1. The van der Waals surface area contributed by atoms with Gasteiger partial charge in [-0.1, -0.05) is 12.1 Å². The quantitative estimate of drug-likeness (QED) is 0.686. The predicted molar refractivity (Wildman–Crippen MR) is 84.8 cm³/mol. The third-order valence-corrected chi connectivity index (χ3v) is 3.56. The molecule has 0 saturated carbocycles. The highest BCUT2D eigenvalue weighted by Crippen LogP contribution is 2.17. The number of ether oxygens (including phenoxy) is 1. The number of nitrogens with zero attached hydrogens (tertiary/aromatic N) is 4. The summed E-state index contributed by atoms with van der Waals surface area (Å²) < 4.78 is 7.90.